The second-order valence-corrected chi connectivity index (χ2v) is 5.48. The largest absolute Gasteiger partial charge is 0.450 e. The number of hydrogen-bond acceptors (Lipinski definition) is 5. The van der Waals surface area contributed by atoms with Crippen molar-refractivity contribution in [3.8, 4) is 0 Å². The first-order valence-electron chi connectivity index (χ1n) is 7.41. The van der Waals surface area contributed by atoms with Crippen molar-refractivity contribution in [1.82, 2.24) is 9.80 Å². The Morgan fingerprint density at radius 3 is 2.60 bits per heavy atom. The highest BCUT2D eigenvalue weighted by Crippen LogP contribution is 2.25. The number of rotatable bonds is 3. The maximum atomic E-state index is 11.6. The summed E-state index contributed by atoms with van der Waals surface area (Å²) in [6.07, 6.45) is 3.05. The summed E-state index contributed by atoms with van der Waals surface area (Å²) in [6.45, 7) is 5.07. The van der Waals surface area contributed by atoms with Crippen LogP contribution in [0, 0.1) is 10.1 Å². The SMILES string of the molecule is CCOC(=O)N1CCN(C2CCCC([N+](=O)[O-])C2)CC1. The van der Waals surface area contributed by atoms with Crippen LogP contribution in [-0.4, -0.2) is 65.7 Å². The van der Waals surface area contributed by atoms with Gasteiger partial charge in [-0.15, -0.1) is 0 Å². The van der Waals surface area contributed by atoms with Crippen molar-refractivity contribution in [2.75, 3.05) is 32.8 Å². The lowest BCUT2D eigenvalue weighted by molar-refractivity contribution is -0.527. The predicted molar refractivity (Wildman–Crippen MR) is 73.2 cm³/mol. The molecule has 0 aromatic heterocycles. The Bertz CT molecular complexity index is 356. The Balaban J connectivity index is 1.81. The summed E-state index contributed by atoms with van der Waals surface area (Å²) in [4.78, 5) is 26.4. The van der Waals surface area contributed by atoms with Crippen molar-refractivity contribution in [3.63, 3.8) is 0 Å². The molecule has 0 bridgehead atoms. The van der Waals surface area contributed by atoms with Crippen molar-refractivity contribution in [3.05, 3.63) is 10.1 Å². The van der Waals surface area contributed by atoms with Crippen LogP contribution in [0.3, 0.4) is 0 Å². The molecule has 2 unspecified atom stereocenters. The van der Waals surface area contributed by atoms with E-state index in [0.717, 1.165) is 25.9 Å². The van der Waals surface area contributed by atoms with Gasteiger partial charge < -0.3 is 9.64 Å². The minimum atomic E-state index is -0.392. The molecule has 2 rings (SSSR count). The summed E-state index contributed by atoms with van der Waals surface area (Å²) >= 11 is 0. The molecule has 1 saturated heterocycles. The van der Waals surface area contributed by atoms with E-state index in [1.54, 1.807) is 11.8 Å². The fourth-order valence-electron chi connectivity index (χ4n) is 3.15. The summed E-state index contributed by atoms with van der Waals surface area (Å²) in [7, 11) is 0. The molecule has 0 aromatic carbocycles. The molecule has 20 heavy (non-hydrogen) atoms. The molecule has 0 radical (unpaired) electrons. The molecule has 1 amide bonds. The molecule has 7 nitrogen and oxygen atoms in total. The maximum absolute atomic E-state index is 11.6. The summed E-state index contributed by atoms with van der Waals surface area (Å²) in [5, 5.41) is 10.9. The molecule has 0 N–H and O–H groups in total. The fourth-order valence-corrected chi connectivity index (χ4v) is 3.15. The van der Waals surface area contributed by atoms with Crippen molar-refractivity contribution >= 4 is 6.09 Å². The van der Waals surface area contributed by atoms with Gasteiger partial charge in [0.25, 0.3) is 0 Å². The minimum absolute atomic E-state index is 0.138. The Hall–Kier alpha value is -1.37. The van der Waals surface area contributed by atoms with Crippen LogP contribution in [0.5, 0.6) is 0 Å². The number of nitro groups is 1. The first kappa shape index (κ1) is 15.0. The quantitative estimate of drug-likeness (QED) is 0.578. The van der Waals surface area contributed by atoms with Gasteiger partial charge in [-0.05, 0) is 19.8 Å². The molecule has 0 spiro atoms. The first-order valence-corrected chi connectivity index (χ1v) is 7.41. The minimum Gasteiger partial charge on any atom is -0.450 e. The van der Waals surface area contributed by atoms with Crippen molar-refractivity contribution < 1.29 is 14.5 Å². The van der Waals surface area contributed by atoms with E-state index in [1.165, 1.54) is 0 Å². The molecular formula is C13H23N3O4. The Morgan fingerprint density at radius 1 is 1.30 bits per heavy atom. The standard InChI is InChI=1S/C13H23N3O4/c1-2-20-13(17)15-8-6-14(7-9-15)11-4-3-5-12(10-11)16(18)19/h11-12H,2-10H2,1H3. The van der Waals surface area contributed by atoms with Gasteiger partial charge in [-0.25, -0.2) is 4.79 Å². The van der Waals surface area contributed by atoms with Crippen molar-refractivity contribution in [2.24, 2.45) is 0 Å². The number of carbonyl (C=O) groups excluding carboxylic acids is 1. The zero-order chi connectivity index (χ0) is 14.5. The normalized spacial score (nSPS) is 28.1. The van der Waals surface area contributed by atoms with E-state index in [1.807, 2.05) is 0 Å². The molecule has 7 heteroatoms. The summed E-state index contributed by atoms with van der Waals surface area (Å²) < 4.78 is 4.99. The highest BCUT2D eigenvalue weighted by atomic mass is 16.6. The van der Waals surface area contributed by atoms with E-state index >= 15 is 0 Å². The highest BCUT2D eigenvalue weighted by Gasteiger charge is 2.34. The molecule has 1 heterocycles. The van der Waals surface area contributed by atoms with E-state index in [0.29, 0.717) is 38.6 Å². The Kier molecular flexibility index (Phi) is 5.17. The number of nitrogens with zero attached hydrogens (tertiary/aromatic N) is 3. The van der Waals surface area contributed by atoms with Crippen LogP contribution in [0.2, 0.25) is 0 Å². The van der Waals surface area contributed by atoms with Crippen molar-refractivity contribution in [1.29, 1.82) is 0 Å². The molecule has 1 saturated carbocycles. The lowest BCUT2D eigenvalue weighted by Gasteiger charge is -2.40. The third-order valence-corrected chi connectivity index (χ3v) is 4.27. The number of hydrogen-bond donors (Lipinski definition) is 0. The monoisotopic (exact) mass is 285 g/mol. The fraction of sp³-hybridized carbons (Fsp3) is 0.923. The van der Waals surface area contributed by atoms with E-state index in [4.69, 9.17) is 4.74 Å². The van der Waals surface area contributed by atoms with Gasteiger partial charge in [-0.2, -0.15) is 0 Å². The lowest BCUT2D eigenvalue weighted by Crippen LogP contribution is -2.53. The van der Waals surface area contributed by atoms with Gasteiger partial charge >= 0.3 is 6.09 Å². The van der Waals surface area contributed by atoms with Gasteiger partial charge in [0.2, 0.25) is 6.04 Å². The van der Waals surface area contributed by atoms with E-state index in [2.05, 4.69) is 4.90 Å². The Morgan fingerprint density at radius 2 is 2.00 bits per heavy atom. The van der Waals surface area contributed by atoms with Gasteiger partial charge in [-0.1, -0.05) is 0 Å². The van der Waals surface area contributed by atoms with E-state index in [-0.39, 0.29) is 11.0 Å². The van der Waals surface area contributed by atoms with Crippen molar-refractivity contribution in [2.45, 2.75) is 44.7 Å². The molecular weight excluding hydrogens is 262 g/mol. The van der Waals surface area contributed by atoms with Crippen LogP contribution in [0.1, 0.15) is 32.6 Å². The zero-order valence-corrected chi connectivity index (χ0v) is 12.0. The van der Waals surface area contributed by atoms with E-state index < -0.39 is 6.04 Å². The molecule has 114 valence electrons. The van der Waals surface area contributed by atoms with Crippen LogP contribution in [0.25, 0.3) is 0 Å². The van der Waals surface area contributed by atoms with Gasteiger partial charge in [-0.3, -0.25) is 15.0 Å². The van der Waals surface area contributed by atoms with E-state index in [9.17, 15) is 14.9 Å². The number of amides is 1. The third kappa shape index (κ3) is 3.59. The van der Waals surface area contributed by atoms with Gasteiger partial charge in [0.05, 0.1) is 6.61 Å². The summed E-state index contributed by atoms with van der Waals surface area (Å²) in [5.74, 6) is 0. The van der Waals surface area contributed by atoms with Crippen LogP contribution in [0.15, 0.2) is 0 Å². The molecule has 1 aliphatic carbocycles. The number of piperazine rings is 1. The number of ether oxygens (including phenoxy) is 1. The average molecular weight is 285 g/mol. The number of carbonyl (C=O) groups is 1. The predicted octanol–water partition coefficient (Wildman–Crippen LogP) is 1.35. The molecule has 1 aliphatic heterocycles. The van der Waals surface area contributed by atoms with Gasteiger partial charge in [0.1, 0.15) is 0 Å². The molecule has 0 aromatic rings. The van der Waals surface area contributed by atoms with Crippen LogP contribution in [0.4, 0.5) is 4.79 Å². The maximum Gasteiger partial charge on any atom is 0.409 e. The lowest BCUT2D eigenvalue weighted by atomic mass is 9.90. The molecule has 2 aliphatic rings. The van der Waals surface area contributed by atoms with Crippen LogP contribution in [-0.2, 0) is 4.74 Å². The average Bonchev–Trinajstić information content (AvgIpc) is 2.48. The third-order valence-electron chi connectivity index (χ3n) is 4.27. The van der Waals surface area contributed by atoms with Crippen LogP contribution < -0.4 is 0 Å². The van der Waals surface area contributed by atoms with Gasteiger partial charge in [0, 0.05) is 50.0 Å². The smallest absolute Gasteiger partial charge is 0.409 e. The van der Waals surface area contributed by atoms with Gasteiger partial charge in [0.15, 0.2) is 0 Å². The summed E-state index contributed by atoms with van der Waals surface area (Å²) in [6, 6.07) is -0.0969. The van der Waals surface area contributed by atoms with Crippen LogP contribution >= 0.6 is 0 Å². The highest BCUT2D eigenvalue weighted by molar-refractivity contribution is 5.67. The summed E-state index contributed by atoms with van der Waals surface area (Å²) in [5.41, 5.74) is 0. The second-order valence-electron chi connectivity index (χ2n) is 5.48. The topological polar surface area (TPSA) is 75.9 Å². The zero-order valence-electron chi connectivity index (χ0n) is 12.0. The molecule has 2 fully saturated rings. The Labute approximate surface area is 119 Å². The second kappa shape index (κ2) is 6.88. The first-order chi connectivity index (χ1) is 9.61. The molecule has 2 atom stereocenters.